The molecule has 0 radical (unpaired) electrons. The van der Waals surface area contributed by atoms with Crippen molar-refractivity contribution in [2.24, 2.45) is 5.92 Å². The number of amides is 1. The van der Waals surface area contributed by atoms with E-state index < -0.39 is 5.60 Å². The molecule has 0 saturated carbocycles. The van der Waals surface area contributed by atoms with E-state index in [2.05, 4.69) is 10.1 Å². The normalized spacial score (nSPS) is 20.2. The lowest BCUT2D eigenvalue weighted by atomic mass is 9.82. The average Bonchev–Trinajstić information content (AvgIpc) is 2.75. The topological polar surface area (TPSA) is 71.2 Å². The molecule has 1 amide bonds. The molecule has 6 heteroatoms. The van der Waals surface area contributed by atoms with Gasteiger partial charge in [-0.25, -0.2) is 9.67 Å². The molecule has 1 N–H and O–H groups in total. The molecule has 17 heavy (non-hydrogen) atoms. The zero-order valence-electron chi connectivity index (χ0n) is 10.4. The fourth-order valence-corrected chi connectivity index (χ4v) is 1.93. The minimum absolute atomic E-state index is 0.0270. The number of aliphatic hydroxyl groups is 1. The number of likely N-dealkylation sites (tertiary alicyclic amines) is 1. The predicted molar refractivity (Wildman–Crippen MR) is 61.1 cm³/mol. The van der Waals surface area contributed by atoms with Crippen molar-refractivity contribution in [2.75, 3.05) is 13.1 Å². The van der Waals surface area contributed by atoms with E-state index in [1.165, 1.54) is 17.3 Å². The quantitative estimate of drug-likeness (QED) is 0.809. The first-order valence-corrected chi connectivity index (χ1v) is 5.79. The van der Waals surface area contributed by atoms with Gasteiger partial charge in [-0.3, -0.25) is 4.79 Å². The summed E-state index contributed by atoms with van der Waals surface area (Å²) in [6, 6.07) is -0.366. The molecule has 1 aliphatic rings. The van der Waals surface area contributed by atoms with Gasteiger partial charge in [0.25, 0.3) is 0 Å². The zero-order chi connectivity index (χ0) is 12.6. The molecule has 0 aromatic carbocycles. The fourth-order valence-electron chi connectivity index (χ4n) is 1.93. The minimum Gasteiger partial charge on any atom is -0.386 e. The smallest absolute Gasteiger partial charge is 0.247 e. The third-order valence-electron chi connectivity index (χ3n) is 3.51. The number of β-amino-alcohol motifs (C(OH)–C–C–N with tert-alkyl or cyclic N) is 1. The van der Waals surface area contributed by atoms with E-state index in [1.54, 1.807) is 11.8 Å². The molecule has 6 nitrogen and oxygen atoms in total. The van der Waals surface area contributed by atoms with Crippen LogP contribution in [-0.4, -0.2) is 49.4 Å². The lowest BCUT2D eigenvalue weighted by Gasteiger charge is -2.49. The minimum atomic E-state index is -0.724. The second-order valence-electron chi connectivity index (χ2n) is 5.00. The third-order valence-corrected chi connectivity index (χ3v) is 3.51. The van der Waals surface area contributed by atoms with Crippen molar-refractivity contribution >= 4 is 5.91 Å². The summed E-state index contributed by atoms with van der Waals surface area (Å²) in [6.07, 6.45) is 2.93. The first-order chi connectivity index (χ1) is 7.94. The van der Waals surface area contributed by atoms with Gasteiger partial charge in [0.2, 0.25) is 5.91 Å². The molecule has 0 bridgehead atoms. The highest BCUT2D eigenvalue weighted by molar-refractivity contribution is 5.81. The lowest BCUT2D eigenvalue weighted by molar-refractivity contribution is -0.166. The van der Waals surface area contributed by atoms with Crippen LogP contribution in [0.25, 0.3) is 0 Å². The van der Waals surface area contributed by atoms with Crippen LogP contribution in [0.15, 0.2) is 12.7 Å². The Bertz CT molecular complexity index is 396. The van der Waals surface area contributed by atoms with Crippen LogP contribution in [0.3, 0.4) is 0 Å². The van der Waals surface area contributed by atoms with Crippen molar-refractivity contribution in [3.05, 3.63) is 12.7 Å². The Kier molecular flexibility index (Phi) is 2.91. The number of hydrogen-bond acceptors (Lipinski definition) is 4. The summed E-state index contributed by atoms with van der Waals surface area (Å²) in [5, 5.41) is 14.0. The van der Waals surface area contributed by atoms with E-state index in [-0.39, 0.29) is 17.9 Å². The van der Waals surface area contributed by atoms with Crippen molar-refractivity contribution in [1.29, 1.82) is 0 Å². The van der Waals surface area contributed by atoms with E-state index in [0.29, 0.717) is 13.1 Å². The number of nitrogens with zero attached hydrogens (tertiary/aromatic N) is 4. The molecule has 1 saturated heterocycles. The summed E-state index contributed by atoms with van der Waals surface area (Å²) < 4.78 is 1.52. The number of carbonyl (C=O) groups is 1. The SMILES string of the molecule is CC(C(=O)N1CC(O)(C(C)C)C1)n1cncn1. The van der Waals surface area contributed by atoms with E-state index in [1.807, 2.05) is 13.8 Å². The number of carbonyl (C=O) groups excluding carboxylic acids is 1. The van der Waals surface area contributed by atoms with Crippen LogP contribution in [0.4, 0.5) is 0 Å². The Labute approximate surface area is 100 Å². The van der Waals surface area contributed by atoms with E-state index in [9.17, 15) is 9.90 Å². The van der Waals surface area contributed by atoms with Gasteiger partial charge in [0.1, 0.15) is 24.3 Å². The first kappa shape index (κ1) is 12.0. The standard InChI is InChI=1S/C11H18N4O2/c1-8(2)11(17)4-14(5-11)10(16)9(3)15-7-12-6-13-15/h6-9,17H,4-5H2,1-3H3. The van der Waals surface area contributed by atoms with Crippen LogP contribution >= 0.6 is 0 Å². The molecule has 94 valence electrons. The van der Waals surface area contributed by atoms with Crippen LogP contribution in [-0.2, 0) is 4.79 Å². The van der Waals surface area contributed by atoms with Gasteiger partial charge in [0.05, 0.1) is 13.1 Å². The monoisotopic (exact) mass is 238 g/mol. The van der Waals surface area contributed by atoms with Gasteiger partial charge in [-0.15, -0.1) is 0 Å². The lowest BCUT2D eigenvalue weighted by Crippen LogP contribution is -2.66. The van der Waals surface area contributed by atoms with Crippen molar-refractivity contribution in [2.45, 2.75) is 32.4 Å². The van der Waals surface area contributed by atoms with Gasteiger partial charge in [-0.2, -0.15) is 5.10 Å². The van der Waals surface area contributed by atoms with Crippen LogP contribution in [0.2, 0.25) is 0 Å². The molecule has 1 aromatic heterocycles. The highest BCUT2D eigenvalue weighted by Crippen LogP contribution is 2.30. The van der Waals surface area contributed by atoms with Crippen molar-refractivity contribution in [3.63, 3.8) is 0 Å². The Morgan fingerprint density at radius 2 is 2.06 bits per heavy atom. The molecule has 1 fully saturated rings. The summed E-state index contributed by atoms with van der Waals surface area (Å²) in [6.45, 7) is 6.51. The summed E-state index contributed by atoms with van der Waals surface area (Å²) in [7, 11) is 0. The maximum absolute atomic E-state index is 12.1. The van der Waals surface area contributed by atoms with Crippen molar-refractivity contribution < 1.29 is 9.90 Å². The van der Waals surface area contributed by atoms with Crippen LogP contribution < -0.4 is 0 Å². The summed E-state index contributed by atoms with van der Waals surface area (Å²) in [5.41, 5.74) is -0.724. The molecular weight excluding hydrogens is 220 g/mol. The average molecular weight is 238 g/mol. The van der Waals surface area contributed by atoms with Gasteiger partial charge >= 0.3 is 0 Å². The second kappa shape index (κ2) is 4.10. The molecule has 0 aliphatic carbocycles. The van der Waals surface area contributed by atoms with Gasteiger partial charge < -0.3 is 10.0 Å². The van der Waals surface area contributed by atoms with Crippen LogP contribution in [0.1, 0.15) is 26.8 Å². The highest BCUT2D eigenvalue weighted by Gasteiger charge is 2.46. The highest BCUT2D eigenvalue weighted by atomic mass is 16.3. The summed E-state index contributed by atoms with van der Waals surface area (Å²) in [4.78, 5) is 17.5. The van der Waals surface area contributed by atoms with Crippen LogP contribution in [0, 0.1) is 5.92 Å². The molecule has 1 atom stereocenters. The molecule has 1 aliphatic heterocycles. The molecule has 1 aromatic rings. The predicted octanol–water partition coefficient (Wildman–Crippen LogP) is 0.0684. The molecule has 0 spiro atoms. The molecule has 2 rings (SSSR count). The summed E-state index contributed by atoms with van der Waals surface area (Å²) in [5.74, 6) is 0.133. The van der Waals surface area contributed by atoms with Crippen LogP contribution in [0.5, 0.6) is 0 Å². The number of rotatable bonds is 3. The van der Waals surface area contributed by atoms with E-state index in [4.69, 9.17) is 0 Å². The Morgan fingerprint density at radius 1 is 1.41 bits per heavy atom. The third kappa shape index (κ3) is 2.04. The zero-order valence-corrected chi connectivity index (χ0v) is 10.4. The summed E-state index contributed by atoms with van der Waals surface area (Å²) >= 11 is 0. The Morgan fingerprint density at radius 3 is 2.53 bits per heavy atom. The largest absolute Gasteiger partial charge is 0.386 e. The van der Waals surface area contributed by atoms with Gasteiger partial charge in [0.15, 0.2) is 0 Å². The molecule has 1 unspecified atom stereocenters. The first-order valence-electron chi connectivity index (χ1n) is 5.79. The number of hydrogen-bond donors (Lipinski definition) is 1. The van der Waals surface area contributed by atoms with E-state index >= 15 is 0 Å². The molecule has 2 heterocycles. The Balaban J connectivity index is 1.96. The second-order valence-corrected chi connectivity index (χ2v) is 5.00. The fraction of sp³-hybridized carbons (Fsp3) is 0.727. The maximum Gasteiger partial charge on any atom is 0.247 e. The maximum atomic E-state index is 12.1. The van der Waals surface area contributed by atoms with Crippen molar-refractivity contribution in [3.8, 4) is 0 Å². The van der Waals surface area contributed by atoms with E-state index in [0.717, 1.165) is 0 Å². The van der Waals surface area contributed by atoms with Crippen molar-refractivity contribution in [1.82, 2.24) is 19.7 Å². The Hall–Kier alpha value is -1.43. The molecular formula is C11H18N4O2. The van der Waals surface area contributed by atoms with Gasteiger partial charge in [-0.1, -0.05) is 13.8 Å². The number of aromatic nitrogens is 3. The van der Waals surface area contributed by atoms with Gasteiger partial charge in [0, 0.05) is 0 Å². The van der Waals surface area contributed by atoms with Gasteiger partial charge in [-0.05, 0) is 12.8 Å².